The van der Waals surface area contributed by atoms with E-state index in [-0.39, 0.29) is 5.63 Å². The van der Waals surface area contributed by atoms with Gasteiger partial charge >= 0.3 is 5.63 Å². The van der Waals surface area contributed by atoms with Crippen LogP contribution >= 0.6 is 0 Å². The van der Waals surface area contributed by atoms with E-state index in [1.165, 1.54) is 22.4 Å². The van der Waals surface area contributed by atoms with Gasteiger partial charge in [0.05, 0.1) is 0 Å². The Kier molecular flexibility index (Phi) is 3.25. The first-order valence-corrected chi connectivity index (χ1v) is 6.55. The molecule has 0 spiro atoms. The van der Waals surface area contributed by atoms with Crippen LogP contribution in [0.4, 0.5) is 5.69 Å². The molecular weight excluding hydrogens is 250 g/mol. The highest BCUT2D eigenvalue weighted by Crippen LogP contribution is 2.19. The summed E-state index contributed by atoms with van der Waals surface area (Å²) in [4.78, 5) is 11.3. The monoisotopic (exact) mass is 265 g/mol. The van der Waals surface area contributed by atoms with Gasteiger partial charge in [0.1, 0.15) is 5.76 Å². The summed E-state index contributed by atoms with van der Waals surface area (Å²) < 4.78 is 4.94. The second-order valence-electron chi connectivity index (χ2n) is 4.77. The Balaban J connectivity index is 1.88. The first-order valence-electron chi connectivity index (χ1n) is 6.55. The number of nitrogens with one attached hydrogen (secondary N) is 1. The van der Waals surface area contributed by atoms with Crippen LogP contribution in [-0.2, 0) is 6.54 Å². The molecule has 3 heteroatoms. The topological polar surface area (TPSA) is 42.2 Å². The van der Waals surface area contributed by atoms with Crippen molar-refractivity contribution in [2.45, 2.75) is 13.5 Å². The normalized spacial score (nSPS) is 10.7. The van der Waals surface area contributed by atoms with Crippen LogP contribution in [0.1, 0.15) is 11.3 Å². The minimum Gasteiger partial charge on any atom is -0.428 e. The van der Waals surface area contributed by atoms with E-state index >= 15 is 0 Å². The lowest BCUT2D eigenvalue weighted by Crippen LogP contribution is -2.05. The van der Waals surface area contributed by atoms with Gasteiger partial charge in [-0.2, -0.15) is 0 Å². The number of benzene rings is 2. The zero-order valence-electron chi connectivity index (χ0n) is 11.2. The van der Waals surface area contributed by atoms with Crippen LogP contribution in [0.3, 0.4) is 0 Å². The van der Waals surface area contributed by atoms with E-state index in [0.717, 1.165) is 5.69 Å². The van der Waals surface area contributed by atoms with Gasteiger partial charge in [-0.05, 0) is 29.3 Å². The van der Waals surface area contributed by atoms with Crippen molar-refractivity contribution in [1.29, 1.82) is 0 Å². The molecule has 1 N–H and O–H groups in total. The van der Waals surface area contributed by atoms with Crippen LogP contribution in [0.25, 0.3) is 10.8 Å². The Morgan fingerprint density at radius 2 is 1.85 bits per heavy atom. The van der Waals surface area contributed by atoms with Crippen molar-refractivity contribution >= 4 is 16.5 Å². The van der Waals surface area contributed by atoms with Crippen molar-refractivity contribution < 1.29 is 4.42 Å². The maximum Gasteiger partial charge on any atom is 0.337 e. The molecule has 0 amide bonds. The Morgan fingerprint density at radius 3 is 2.70 bits per heavy atom. The SMILES string of the molecule is Cc1cc(NCc2cccc3ccccc23)cc(=O)o1. The molecule has 3 aromatic rings. The Morgan fingerprint density at radius 1 is 1.05 bits per heavy atom. The van der Waals surface area contributed by atoms with Crippen LogP contribution in [-0.4, -0.2) is 0 Å². The van der Waals surface area contributed by atoms with Crippen LogP contribution in [0.15, 0.2) is 63.8 Å². The fourth-order valence-electron chi connectivity index (χ4n) is 2.35. The van der Waals surface area contributed by atoms with Crippen LogP contribution in [0.5, 0.6) is 0 Å². The molecule has 0 aliphatic carbocycles. The van der Waals surface area contributed by atoms with Gasteiger partial charge in [-0.25, -0.2) is 4.79 Å². The van der Waals surface area contributed by atoms with Crippen LogP contribution < -0.4 is 10.9 Å². The minimum atomic E-state index is -0.328. The van der Waals surface area contributed by atoms with Crippen molar-refractivity contribution in [1.82, 2.24) is 0 Å². The largest absolute Gasteiger partial charge is 0.428 e. The highest BCUT2D eigenvalue weighted by Gasteiger charge is 2.02. The van der Waals surface area contributed by atoms with E-state index in [1.54, 1.807) is 6.92 Å². The maximum absolute atomic E-state index is 11.3. The number of anilines is 1. The lowest BCUT2D eigenvalue weighted by molar-refractivity contribution is 0.481. The van der Waals surface area contributed by atoms with Gasteiger partial charge in [-0.15, -0.1) is 0 Å². The summed E-state index contributed by atoms with van der Waals surface area (Å²) in [5.74, 6) is 0.609. The number of aryl methyl sites for hydroxylation is 1. The van der Waals surface area contributed by atoms with Gasteiger partial charge < -0.3 is 9.73 Å². The van der Waals surface area contributed by atoms with E-state index < -0.39 is 0 Å². The molecule has 0 unspecified atom stereocenters. The van der Waals surface area contributed by atoms with Gasteiger partial charge in [-0.1, -0.05) is 42.5 Å². The second-order valence-corrected chi connectivity index (χ2v) is 4.77. The third-order valence-corrected chi connectivity index (χ3v) is 3.26. The molecule has 0 radical (unpaired) electrons. The molecule has 0 fully saturated rings. The summed E-state index contributed by atoms with van der Waals surface area (Å²) in [7, 11) is 0. The Bertz CT molecular complexity index is 800. The molecule has 1 heterocycles. The van der Waals surface area contributed by atoms with E-state index in [0.29, 0.717) is 12.3 Å². The fraction of sp³-hybridized carbons (Fsp3) is 0.118. The van der Waals surface area contributed by atoms with Gasteiger partial charge in [-0.3, -0.25) is 0 Å². The third-order valence-electron chi connectivity index (χ3n) is 3.26. The Hall–Kier alpha value is -2.55. The second kappa shape index (κ2) is 5.21. The molecule has 0 atom stereocenters. The van der Waals surface area contributed by atoms with Crippen molar-refractivity contribution in [2.75, 3.05) is 5.32 Å². The van der Waals surface area contributed by atoms with Gasteiger partial charge in [0.25, 0.3) is 0 Å². The summed E-state index contributed by atoms with van der Waals surface area (Å²) in [6.07, 6.45) is 0. The summed E-state index contributed by atoms with van der Waals surface area (Å²) in [5.41, 5.74) is 1.66. The maximum atomic E-state index is 11.3. The summed E-state index contributed by atoms with van der Waals surface area (Å²) in [5, 5.41) is 5.72. The molecule has 1 aromatic heterocycles. The van der Waals surface area contributed by atoms with E-state index in [9.17, 15) is 4.79 Å². The Labute approximate surface area is 116 Å². The average Bonchev–Trinajstić information content (AvgIpc) is 2.44. The quantitative estimate of drug-likeness (QED) is 0.785. The first kappa shape index (κ1) is 12.5. The number of rotatable bonds is 3. The summed E-state index contributed by atoms with van der Waals surface area (Å²) in [6.45, 7) is 2.44. The van der Waals surface area contributed by atoms with E-state index in [2.05, 4.69) is 29.6 Å². The molecule has 0 aliphatic heterocycles. The van der Waals surface area contributed by atoms with E-state index in [1.807, 2.05) is 24.3 Å². The molecule has 3 rings (SSSR count). The smallest absolute Gasteiger partial charge is 0.337 e. The lowest BCUT2D eigenvalue weighted by Gasteiger charge is -2.09. The molecular formula is C17H15NO2. The number of hydrogen-bond acceptors (Lipinski definition) is 3. The van der Waals surface area contributed by atoms with Crippen LogP contribution in [0, 0.1) is 6.92 Å². The van der Waals surface area contributed by atoms with Crippen LogP contribution in [0.2, 0.25) is 0 Å². The van der Waals surface area contributed by atoms with Crippen molar-refractivity contribution in [3.8, 4) is 0 Å². The van der Waals surface area contributed by atoms with Gasteiger partial charge in [0, 0.05) is 18.3 Å². The summed E-state index contributed by atoms with van der Waals surface area (Å²) in [6, 6.07) is 17.8. The van der Waals surface area contributed by atoms with E-state index in [4.69, 9.17) is 4.42 Å². The molecule has 0 saturated heterocycles. The summed E-state index contributed by atoms with van der Waals surface area (Å²) >= 11 is 0. The molecule has 20 heavy (non-hydrogen) atoms. The zero-order chi connectivity index (χ0) is 13.9. The first-order chi connectivity index (χ1) is 9.72. The molecule has 100 valence electrons. The number of fused-ring (bicyclic) bond motifs is 1. The van der Waals surface area contributed by atoms with Crippen molar-refractivity contribution in [3.05, 3.63) is 76.3 Å². The standard InChI is InChI=1S/C17H15NO2/c1-12-9-15(10-17(19)20-12)18-11-14-7-4-6-13-5-2-3-8-16(13)14/h2-10,18H,11H2,1H3. The predicted molar refractivity (Wildman–Crippen MR) is 81.0 cm³/mol. The van der Waals surface area contributed by atoms with Gasteiger partial charge in [0.15, 0.2) is 0 Å². The third kappa shape index (κ3) is 2.57. The minimum absolute atomic E-state index is 0.328. The fourth-order valence-corrected chi connectivity index (χ4v) is 2.35. The predicted octanol–water partition coefficient (Wildman–Crippen LogP) is 3.71. The lowest BCUT2D eigenvalue weighted by atomic mass is 10.0. The van der Waals surface area contributed by atoms with Crippen molar-refractivity contribution in [2.24, 2.45) is 0 Å². The molecule has 2 aromatic carbocycles. The van der Waals surface area contributed by atoms with Gasteiger partial charge in [0.2, 0.25) is 0 Å². The molecule has 0 bridgehead atoms. The molecule has 0 aliphatic rings. The highest BCUT2D eigenvalue weighted by molar-refractivity contribution is 5.85. The van der Waals surface area contributed by atoms with Crippen molar-refractivity contribution in [3.63, 3.8) is 0 Å². The average molecular weight is 265 g/mol. The number of hydrogen-bond donors (Lipinski definition) is 1. The molecule has 3 nitrogen and oxygen atoms in total. The molecule has 0 saturated carbocycles. The zero-order valence-corrected chi connectivity index (χ0v) is 11.2. The highest BCUT2D eigenvalue weighted by atomic mass is 16.4.